The molecule has 2 aromatic rings. The van der Waals surface area contributed by atoms with E-state index in [9.17, 15) is 9.59 Å². The van der Waals surface area contributed by atoms with Crippen LogP contribution in [0.2, 0.25) is 5.02 Å². The molecule has 0 saturated heterocycles. The van der Waals surface area contributed by atoms with E-state index in [0.29, 0.717) is 16.1 Å². The van der Waals surface area contributed by atoms with Gasteiger partial charge in [-0.05, 0) is 18.2 Å². The summed E-state index contributed by atoms with van der Waals surface area (Å²) < 4.78 is 6.32. The summed E-state index contributed by atoms with van der Waals surface area (Å²) in [4.78, 5) is 22.1. The molecule has 0 saturated carbocycles. The predicted molar refractivity (Wildman–Crippen MR) is 59.3 cm³/mol. The van der Waals surface area contributed by atoms with Crippen LogP contribution < -0.4 is 11.5 Å². The number of rotatable bonds is 3. The Hall–Kier alpha value is -1.75. The Morgan fingerprint density at radius 2 is 2.25 bits per heavy atom. The quantitative estimate of drug-likeness (QED) is 0.873. The molecule has 1 amide bonds. The largest absolute Gasteiger partial charge is 0.419 e. The first-order chi connectivity index (χ1) is 7.58. The summed E-state index contributed by atoms with van der Waals surface area (Å²) in [5.41, 5.74) is 6.03. The zero-order valence-electron chi connectivity index (χ0n) is 8.27. The van der Waals surface area contributed by atoms with Gasteiger partial charge in [-0.3, -0.25) is 9.36 Å². The molecule has 2 rings (SSSR count). The maximum Gasteiger partial charge on any atom is 0.419 e. The molecular formula is C10H9ClN2O3. The second kappa shape index (κ2) is 4.02. The predicted octanol–water partition coefficient (Wildman–Crippen LogP) is 1.12. The molecule has 0 aliphatic heterocycles. The number of fused-ring (bicyclic) bond motifs is 1. The smallest absolute Gasteiger partial charge is 0.408 e. The molecule has 16 heavy (non-hydrogen) atoms. The molecule has 2 N–H and O–H groups in total. The fourth-order valence-corrected chi connectivity index (χ4v) is 1.64. The number of halogens is 1. The van der Waals surface area contributed by atoms with Crippen molar-refractivity contribution in [3.05, 3.63) is 33.8 Å². The highest BCUT2D eigenvalue weighted by Crippen LogP contribution is 2.18. The van der Waals surface area contributed by atoms with Crippen LogP contribution in [0.5, 0.6) is 0 Å². The molecule has 0 atom stereocenters. The van der Waals surface area contributed by atoms with Crippen molar-refractivity contribution in [3.63, 3.8) is 0 Å². The Kier molecular flexibility index (Phi) is 2.70. The van der Waals surface area contributed by atoms with Crippen molar-refractivity contribution >= 4 is 28.6 Å². The fourth-order valence-electron chi connectivity index (χ4n) is 1.47. The van der Waals surface area contributed by atoms with Gasteiger partial charge in [-0.1, -0.05) is 11.6 Å². The fraction of sp³-hybridized carbons (Fsp3) is 0.200. The van der Waals surface area contributed by atoms with Crippen molar-refractivity contribution in [2.45, 2.75) is 13.0 Å². The maximum atomic E-state index is 11.5. The third-order valence-electron chi connectivity index (χ3n) is 2.21. The zero-order chi connectivity index (χ0) is 11.7. The number of oxazole rings is 1. The molecule has 0 unspecified atom stereocenters. The number of carbonyl (C=O) groups excluding carboxylic acids is 1. The van der Waals surface area contributed by atoms with Gasteiger partial charge < -0.3 is 10.2 Å². The van der Waals surface area contributed by atoms with Crippen LogP contribution in [-0.4, -0.2) is 10.5 Å². The van der Waals surface area contributed by atoms with E-state index in [1.807, 2.05) is 0 Å². The second-order valence-corrected chi connectivity index (χ2v) is 3.78. The van der Waals surface area contributed by atoms with Crippen LogP contribution >= 0.6 is 11.6 Å². The molecule has 0 aliphatic carbocycles. The molecule has 1 heterocycles. The van der Waals surface area contributed by atoms with Crippen molar-refractivity contribution < 1.29 is 9.21 Å². The molecular weight excluding hydrogens is 232 g/mol. The summed E-state index contributed by atoms with van der Waals surface area (Å²) in [6.07, 6.45) is 0.0844. The van der Waals surface area contributed by atoms with Gasteiger partial charge in [-0.15, -0.1) is 0 Å². The summed E-state index contributed by atoms with van der Waals surface area (Å²) in [5, 5.41) is 0.501. The van der Waals surface area contributed by atoms with Gasteiger partial charge >= 0.3 is 5.76 Å². The number of amides is 1. The number of hydrogen-bond acceptors (Lipinski definition) is 3. The summed E-state index contributed by atoms with van der Waals surface area (Å²) >= 11 is 5.81. The molecule has 0 radical (unpaired) electrons. The molecule has 84 valence electrons. The molecule has 0 aliphatic rings. The normalized spacial score (nSPS) is 10.8. The third kappa shape index (κ3) is 1.94. The highest BCUT2D eigenvalue weighted by Gasteiger charge is 2.09. The van der Waals surface area contributed by atoms with Gasteiger partial charge in [-0.2, -0.15) is 0 Å². The van der Waals surface area contributed by atoms with E-state index in [4.69, 9.17) is 21.8 Å². The number of nitrogens with zero attached hydrogens (tertiary/aromatic N) is 1. The number of hydrogen-bond donors (Lipinski definition) is 1. The zero-order valence-corrected chi connectivity index (χ0v) is 9.03. The van der Waals surface area contributed by atoms with E-state index in [1.165, 1.54) is 4.57 Å². The topological polar surface area (TPSA) is 78.2 Å². The first-order valence-corrected chi connectivity index (χ1v) is 5.03. The van der Waals surface area contributed by atoms with Crippen LogP contribution in [0, 0.1) is 0 Å². The first kappa shape index (κ1) is 10.8. The summed E-state index contributed by atoms with van der Waals surface area (Å²) in [6, 6.07) is 4.86. The molecule has 1 aromatic carbocycles. The number of primary amides is 1. The molecule has 0 bridgehead atoms. The van der Waals surface area contributed by atoms with Crippen molar-refractivity contribution in [3.8, 4) is 0 Å². The molecule has 5 nitrogen and oxygen atoms in total. The Bertz CT molecular complexity index is 600. The average Bonchev–Trinajstić information content (AvgIpc) is 2.51. The highest BCUT2D eigenvalue weighted by atomic mass is 35.5. The van der Waals surface area contributed by atoms with Crippen LogP contribution in [0.4, 0.5) is 0 Å². The van der Waals surface area contributed by atoms with Gasteiger partial charge in [0, 0.05) is 18.0 Å². The van der Waals surface area contributed by atoms with Gasteiger partial charge in [0.2, 0.25) is 5.91 Å². The minimum atomic E-state index is -0.515. The van der Waals surface area contributed by atoms with Crippen LogP contribution in [0.3, 0.4) is 0 Å². The lowest BCUT2D eigenvalue weighted by Crippen LogP contribution is -2.19. The van der Waals surface area contributed by atoms with Crippen LogP contribution in [-0.2, 0) is 11.3 Å². The minimum Gasteiger partial charge on any atom is -0.408 e. The number of aromatic nitrogens is 1. The van der Waals surface area contributed by atoms with Crippen molar-refractivity contribution in [1.82, 2.24) is 4.57 Å². The molecule has 1 aromatic heterocycles. The van der Waals surface area contributed by atoms with Crippen LogP contribution in [0.1, 0.15) is 6.42 Å². The van der Waals surface area contributed by atoms with Crippen LogP contribution in [0.15, 0.2) is 27.4 Å². The van der Waals surface area contributed by atoms with E-state index >= 15 is 0 Å². The standard InChI is InChI=1S/C10H9ClN2O3/c11-6-1-2-8-7(5-6)13(10(15)16-8)4-3-9(12)14/h1-2,5H,3-4H2,(H2,12,14). The van der Waals surface area contributed by atoms with E-state index in [0.717, 1.165) is 0 Å². The lowest BCUT2D eigenvalue weighted by Gasteiger charge is -1.99. The molecule has 6 heteroatoms. The van der Waals surface area contributed by atoms with E-state index in [2.05, 4.69) is 0 Å². The van der Waals surface area contributed by atoms with Crippen molar-refractivity contribution in [2.24, 2.45) is 5.73 Å². The van der Waals surface area contributed by atoms with Gasteiger partial charge in [0.15, 0.2) is 5.58 Å². The lowest BCUT2D eigenvalue weighted by molar-refractivity contribution is -0.118. The third-order valence-corrected chi connectivity index (χ3v) is 2.45. The molecule has 0 fully saturated rings. The highest BCUT2D eigenvalue weighted by molar-refractivity contribution is 6.31. The summed E-state index contributed by atoms with van der Waals surface area (Å²) in [6.45, 7) is 0.196. The Morgan fingerprint density at radius 3 is 2.94 bits per heavy atom. The second-order valence-electron chi connectivity index (χ2n) is 3.35. The van der Waals surface area contributed by atoms with E-state index in [-0.39, 0.29) is 13.0 Å². The van der Waals surface area contributed by atoms with Gasteiger partial charge in [0.1, 0.15) is 0 Å². The summed E-state index contributed by atoms with van der Waals surface area (Å²) in [7, 11) is 0. The number of benzene rings is 1. The number of nitrogens with two attached hydrogens (primary N) is 1. The van der Waals surface area contributed by atoms with Gasteiger partial charge in [0.05, 0.1) is 5.52 Å². The Labute approximate surface area is 95.4 Å². The SMILES string of the molecule is NC(=O)CCn1c(=O)oc2ccc(Cl)cc21. The van der Waals surface area contributed by atoms with Crippen LogP contribution in [0.25, 0.3) is 11.1 Å². The molecule has 0 spiro atoms. The number of aryl methyl sites for hydroxylation is 1. The van der Waals surface area contributed by atoms with E-state index in [1.54, 1.807) is 18.2 Å². The van der Waals surface area contributed by atoms with Crippen molar-refractivity contribution in [1.29, 1.82) is 0 Å². The average molecular weight is 241 g/mol. The monoisotopic (exact) mass is 240 g/mol. The number of carbonyl (C=O) groups is 1. The van der Waals surface area contributed by atoms with Crippen molar-refractivity contribution in [2.75, 3.05) is 0 Å². The summed E-state index contributed by atoms with van der Waals surface area (Å²) in [5.74, 6) is -0.984. The Morgan fingerprint density at radius 1 is 1.50 bits per heavy atom. The minimum absolute atomic E-state index is 0.0844. The van der Waals surface area contributed by atoms with Gasteiger partial charge in [0.25, 0.3) is 0 Å². The Balaban J connectivity index is 2.50. The first-order valence-electron chi connectivity index (χ1n) is 4.65. The van der Waals surface area contributed by atoms with Gasteiger partial charge in [-0.25, -0.2) is 4.79 Å². The maximum absolute atomic E-state index is 11.5. The lowest BCUT2D eigenvalue weighted by atomic mass is 10.3. The van der Waals surface area contributed by atoms with E-state index < -0.39 is 11.7 Å².